The zero-order chi connectivity index (χ0) is 18.1. The molecule has 0 saturated heterocycles. The average Bonchev–Trinajstić information content (AvgIpc) is 2.67. The van der Waals surface area contributed by atoms with Crippen molar-refractivity contribution in [3.63, 3.8) is 0 Å². The lowest BCUT2D eigenvalue weighted by Crippen LogP contribution is -1.98. The van der Waals surface area contributed by atoms with E-state index in [-0.39, 0.29) is 0 Å². The van der Waals surface area contributed by atoms with Crippen LogP contribution >= 0.6 is 0 Å². The van der Waals surface area contributed by atoms with Gasteiger partial charge in [-0.2, -0.15) is 0 Å². The molecule has 5 heteroatoms. The number of hydrogen-bond acceptors (Lipinski definition) is 4. The van der Waals surface area contributed by atoms with Crippen LogP contribution in [0, 0.1) is 12.7 Å². The normalized spacial score (nSPS) is 10.9. The standard InChI is InChI=1S/C21H16FN3O/c1-13-6-5-9-19(23-13)21-24-18-8-4-3-7-16(18)20(25-21)15-11-10-14(26-2)12-17(15)22/h3-12H,1-2H3. The highest BCUT2D eigenvalue weighted by Gasteiger charge is 2.15. The minimum Gasteiger partial charge on any atom is -0.497 e. The number of aromatic nitrogens is 3. The molecule has 0 atom stereocenters. The number of para-hydroxylation sites is 1. The molecule has 0 aliphatic rings. The maximum Gasteiger partial charge on any atom is 0.179 e. The molecule has 0 spiro atoms. The minimum absolute atomic E-state index is 0.392. The van der Waals surface area contributed by atoms with Crippen LogP contribution < -0.4 is 4.74 Å². The van der Waals surface area contributed by atoms with E-state index in [4.69, 9.17) is 4.74 Å². The summed E-state index contributed by atoms with van der Waals surface area (Å²) in [7, 11) is 1.51. The summed E-state index contributed by atoms with van der Waals surface area (Å²) in [6, 6.07) is 18.0. The fourth-order valence-electron chi connectivity index (χ4n) is 2.88. The molecule has 2 heterocycles. The molecule has 0 fully saturated rings. The van der Waals surface area contributed by atoms with Gasteiger partial charge in [0.1, 0.15) is 17.3 Å². The Bertz CT molecular complexity index is 1110. The molecule has 4 nitrogen and oxygen atoms in total. The summed E-state index contributed by atoms with van der Waals surface area (Å²) in [6.07, 6.45) is 0. The summed E-state index contributed by atoms with van der Waals surface area (Å²) in [4.78, 5) is 13.8. The zero-order valence-corrected chi connectivity index (χ0v) is 14.4. The minimum atomic E-state index is -0.392. The largest absolute Gasteiger partial charge is 0.497 e. The first-order valence-electron chi connectivity index (χ1n) is 8.20. The molecule has 2 aromatic carbocycles. The number of fused-ring (bicyclic) bond motifs is 1. The van der Waals surface area contributed by atoms with Crippen LogP contribution in [0.4, 0.5) is 4.39 Å². The topological polar surface area (TPSA) is 47.9 Å². The Hall–Kier alpha value is -3.34. The van der Waals surface area contributed by atoms with Gasteiger partial charge in [0.25, 0.3) is 0 Å². The molecule has 0 N–H and O–H groups in total. The second-order valence-electron chi connectivity index (χ2n) is 5.92. The van der Waals surface area contributed by atoms with Gasteiger partial charge in [0.15, 0.2) is 5.82 Å². The molecular weight excluding hydrogens is 329 g/mol. The molecule has 0 unspecified atom stereocenters. The summed E-state index contributed by atoms with van der Waals surface area (Å²) in [5.74, 6) is 0.541. The molecule has 4 rings (SSSR count). The van der Waals surface area contributed by atoms with E-state index in [0.29, 0.717) is 28.5 Å². The number of pyridine rings is 1. The predicted octanol–water partition coefficient (Wildman–Crippen LogP) is 4.81. The van der Waals surface area contributed by atoms with Crippen LogP contribution in [0.2, 0.25) is 0 Å². The quantitative estimate of drug-likeness (QED) is 0.534. The zero-order valence-electron chi connectivity index (χ0n) is 14.4. The van der Waals surface area contributed by atoms with Crippen molar-refractivity contribution in [2.24, 2.45) is 0 Å². The first-order valence-corrected chi connectivity index (χ1v) is 8.20. The maximum absolute atomic E-state index is 14.7. The Kier molecular flexibility index (Phi) is 4.05. The van der Waals surface area contributed by atoms with Crippen molar-refractivity contribution >= 4 is 10.9 Å². The van der Waals surface area contributed by atoms with Crippen molar-refractivity contribution in [3.05, 3.63) is 72.2 Å². The Morgan fingerprint density at radius 1 is 0.885 bits per heavy atom. The fourth-order valence-corrected chi connectivity index (χ4v) is 2.88. The lowest BCUT2D eigenvalue weighted by Gasteiger charge is -2.10. The van der Waals surface area contributed by atoms with Gasteiger partial charge in [-0.25, -0.2) is 19.3 Å². The molecule has 26 heavy (non-hydrogen) atoms. The van der Waals surface area contributed by atoms with Crippen LogP contribution in [0.15, 0.2) is 60.7 Å². The fraction of sp³-hybridized carbons (Fsp3) is 0.0952. The van der Waals surface area contributed by atoms with Gasteiger partial charge < -0.3 is 4.74 Å². The van der Waals surface area contributed by atoms with E-state index in [2.05, 4.69) is 15.0 Å². The number of halogens is 1. The summed E-state index contributed by atoms with van der Waals surface area (Å²) in [5, 5.41) is 0.785. The van der Waals surface area contributed by atoms with Crippen LogP contribution in [-0.2, 0) is 0 Å². The smallest absolute Gasteiger partial charge is 0.179 e. The lowest BCUT2D eigenvalue weighted by molar-refractivity contribution is 0.411. The molecule has 0 bridgehead atoms. The Labute approximate surface area is 150 Å². The van der Waals surface area contributed by atoms with Gasteiger partial charge in [0.05, 0.1) is 18.3 Å². The maximum atomic E-state index is 14.7. The highest BCUT2D eigenvalue weighted by molar-refractivity contribution is 5.93. The van der Waals surface area contributed by atoms with Crippen LogP contribution in [0.25, 0.3) is 33.7 Å². The van der Waals surface area contributed by atoms with Crippen LogP contribution in [0.5, 0.6) is 5.75 Å². The highest BCUT2D eigenvalue weighted by atomic mass is 19.1. The first kappa shape index (κ1) is 16.1. The van der Waals surface area contributed by atoms with Crippen LogP contribution in [0.1, 0.15) is 5.69 Å². The van der Waals surface area contributed by atoms with Gasteiger partial charge in [-0.05, 0) is 37.3 Å². The lowest BCUT2D eigenvalue weighted by atomic mass is 10.1. The number of nitrogens with zero attached hydrogens (tertiary/aromatic N) is 3. The third-order valence-corrected chi connectivity index (χ3v) is 4.15. The van der Waals surface area contributed by atoms with Gasteiger partial charge in [-0.1, -0.05) is 24.3 Å². The Morgan fingerprint density at radius 3 is 2.50 bits per heavy atom. The van der Waals surface area contributed by atoms with Gasteiger partial charge in [-0.15, -0.1) is 0 Å². The van der Waals surface area contributed by atoms with Crippen LogP contribution in [0.3, 0.4) is 0 Å². The molecule has 4 aromatic rings. The van der Waals surface area contributed by atoms with Gasteiger partial charge in [0, 0.05) is 22.7 Å². The number of ether oxygens (including phenoxy) is 1. The van der Waals surface area contributed by atoms with Crippen molar-refractivity contribution in [1.29, 1.82) is 0 Å². The van der Waals surface area contributed by atoms with Gasteiger partial charge in [-0.3, -0.25) is 0 Å². The average molecular weight is 345 g/mol. The molecule has 0 aliphatic heterocycles. The van der Waals surface area contributed by atoms with Gasteiger partial charge in [0.2, 0.25) is 0 Å². The molecule has 0 radical (unpaired) electrons. The summed E-state index contributed by atoms with van der Waals surface area (Å²) in [5.41, 5.74) is 3.21. The van der Waals surface area contributed by atoms with Crippen molar-refractivity contribution in [3.8, 4) is 28.5 Å². The number of hydrogen-bond donors (Lipinski definition) is 0. The monoisotopic (exact) mass is 345 g/mol. The van der Waals surface area contributed by atoms with E-state index < -0.39 is 5.82 Å². The number of rotatable bonds is 3. The SMILES string of the molecule is COc1ccc(-c2nc(-c3cccc(C)n3)nc3ccccc23)c(F)c1. The second-order valence-corrected chi connectivity index (χ2v) is 5.92. The summed E-state index contributed by atoms with van der Waals surface area (Å²) in [6.45, 7) is 1.91. The summed E-state index contributed by atoms with van der Waals surface area (Å²) < 4.78 is 19.8. The van der Waals surface area contributed by atoms with E-state index >= 15 is 0 Å². The van der Waals surface area contributed by atoms with E-state index in [0.717, 1.165) is 16.6 Å². The van der Waals surface area contributed by atoms with Crippen molar-refractivity contribution < 1.29 is 9.13 Å². The molecule has 0 amide bonds. The Morgan fingerprint density at radius 2 is 1.73 bits per heavy atom. The third-order valence-electron chi connectivity index (χ3n) is 4.15. The summed E-state index contributed by atoms with van der Waals surface area (Å²) >= 11 is 0. The highest BCUT2D eigenvalue weighted by Crippen LogP contribution is 2.31. The van der Waals surface area contributed by atoms with Gasteiger partial charge >= 0.3 is 0 Å². The van der Waals surface area contributed by atoms with Crippen molar-refractivity contribution in [2.75, 3.05) is 7.11 Å². The predicted molar refractivity (Wildman–Crippen MR) is 99.5 cm³/mol. The molecule has 2 aromatic heterocycles. The van der Waals surface area contributed by atoms with Crippen molar-refractivity contribution in [1.82, 2.24) is 15.0 Å². The molecule has 128 valence electrons. The number of aryl methyl sites for hydroxylation is 1. The second kappa shape index (κ2) is 6.52. The molecule has 0 aliphatic carbocycles. The van der Waals surface area contributed by atoms with E-state index in [1.54, 1.807) is 12.1 Å². The van der Waals surface area contributed by atoms with E-state index in [9.17, 15) is 4.39 Å². The molecular formula is C21H16FN3O. The van der Waals surface area contributed by atoms with E-state index in [1.165, 1.54) is 13.2 Å². The third kappa shape index (κ3) is 2.88. The molecule has 0 saturated carbocycles. The Balaban J connectivity index is 1.99. The first-order chi connectivity index (χ1) is 12.7. The van der Waals surface area contributed by atoms with Crippen molar-refractivity contribution in [2.45, 2.75) is 6.92 Å². The van der Waals surface area contributed by atoms with Crippen LogP contribution in [-0.4, -0.2) is 22.1 Å². The number of benzene rings is 2. The van der Waals surface area contributed by atoms with E-state index in [1.807, 2.05) is 49.4 Å². The number of methoxy groups -OCH3 is 1.